The number of ketones is 1. The van der Waals surface area contributed by atoms with E-state index in [2.05, 4.69) is 23.6 Å². The second kappa shape index (κ2) is 5.39. The number of nitrogens with zero attached hydrogens (tertiary/aromatic N) is 1. The van der Waals surface area contributed by atoms with Crippen LogP contribution in [0.1, 0.15) is 38.1 Å². The maximum absolute atomic E-state index is 12.5. The molecule has 3 rings (SSSR count). The van der Waals surface area contributed by atoms with E-state index in [-0.39, 0.29) is 17.0 Å². The zero-order valence-corrected chi connectivity index (χ0v) is 14.6. The first-order chi connectivity index (χ1) is 10.3. The molecule has 1 aromatic heterocycles. The standard InChI is InChI=1S/C15H22N2O3S2/c1-14(2)11-3-5-15(14,12(18)9-11)10-22(19,20)17-6-4-13-16-7-8-21-13/h7-8,11,17H,3-6,9-10H2,1-2H3/t11-,15+/m0/s1. The van der Waals surface area contributed by atoms with Crippen molar-refractivity contribution in [2.75, 3.05) is 12.3 Å². The zero-order valence-electron chi connectivity index (χ0n) is 13.0. The molecule has 1 N–H and O–H groups in total. The fourth-order valence-corrected chi connectivity index (χ4v) is 6.64. The molecule has 0 spiro atoms. The molecule has 7 heteroatoms. The van der Waals surface area contributed by atoms with Crippen molar-refractivity contribution in [1.82, 2.24) is 9.71 Å². The molecule has 1 heterocycles. The third-order valence-electron chi connectivity index (χ3n) is 5.72. The summed E-state index contributed by atoms with van der Waals surface area (Å²) >= 11 is 1.52. The van der Waals surface area contributed by atoms with Gasteiger partial charge < -0.3 is 0 Å². The van der Waals surface area contributed by atoms with Crippen molar-refractivity contribution in [3.63, 3.8) is 0 Å². The van der Waals surface area contributed by atoms with Gasteiger partial charge in [-0.2, -0.15) is 0 Å². The predicted octanol–water partition coefficient (Wildman–Crippen LogP) is 2.00. The van der Waals surface area contributed by atoms with Crippen molar-refractivity contribution in [2.45, 2.75) is 39.5 Å². The van der Waals surface area contributed by atoms with Gasteiger partial charge in [-0.15, -0.1) is 11.3 Å². The second-order valence-electron chi connectivity index (χ2n) is 7.00. The minimum atomic E-state index is -3.46. The molecule has 22 heavy (non-hydrogen) atoms. The van der Waals surface area contributed by atoms with E-state index in [9.17, 15) is 13.2 Å². The summed E-state index contributed by atoms with van der Waals surface area (Å²) in [6.45, 7) is 4.45. The molecule has 2 fully saturated rings. The lowest BCUT2D eigenvalue weighted by atomic mass is 9.70. The lowest BCUT2D eigenvalue weighted by molar-refractivity contribution is -0.128. The maximum atomic E-state index is 12.5. The van der Waals surface area contributed by atoms with Crippen molar-refractivity contribution in [3.8, 4) is 0 Å². The van der Waals surface area contributed by atoms with Gasteiger partial charge in [-0.05, 0) is 24.2 Å². The van der Waals surface area contributed by atoms with E-state index in [1.807, 2.05) is 5.38 Å². The van der Waals surface area contributed by atoms with Crippen LogP contribution in [-0.2, 0) is 21.2 Å². The molecule has 0 amide bonds. The quantitative estimate of drug-likeness (QED) is 0.858. The van der Waals surface area contributed by atoms with Gasteiger partial charge in [0.05, 0.1) is 10.8 Å². The van der Waals surface area contributed by atoms with E-state index >= 15 is 0 Å². The predicted molar refractivity (Wildman–Crippen MR) is 86.2 cm³/mol. The first-order valence-corrected chi connectivity index (χ1v) is 10.2. The molecule has 122 valence electrons. The van der Waals surface area contributed by atoms with E-state index in [0.717, 1.165) is 11.4 Å². The van der Waals surface area contributed by atoms with Gasteiger partial charge in [0.1, 0.15) is 5.78 Å². The lowest BCUT2D eigenvalue weighted by Crippen LogP contribution is -2.45. The third-order valence-corrected chi connectivity index (χ3v) is 8.08. The molecule has 0 radical (unpaired) electrons. The number of carbonyl (C=O) groups excluding carboxylic acids is 1. The Morgan fingerprint density at radius 1 is 1.45 bits per heavy atom. The van der Waals surface area contributed by atoms with Gasteiger partial charge in [-0.3, -0.25) is 4.79 Å². The molecule has 2 aliphatic carbocycles. The van der Waals surface area contributed by atoms with Crippen LogP contribution in [0.3, 0.4) is 0 Å². The summed E-state index contributed by atoms with van der Waals surface area (Å²) in [4.78, 5) is 16.6. The van der Waals surface area contributed by atoms with Crippen LogP contribution in [0.25, 0.3) is 0 Å². The molecule has 5 nitrogen and oxygen atoms in total. The SMILES string of the molecule is CC1(C)[C@H]2CC[C@@]1(CS(=O)(=O)NCCc1nccs1)C(=O)C2. The van der Waals surface area contributed by atoms with E-state index in [1.165, 1.54) is 11.3 Å². The van der Waals surface area contributed by atoms with E-state index < -0.39 is 15.4 Å². The number of fused-ring (bicyclic) bond motifs is 2. The molecule has 0 saturated heterocycles. The van der Waals surface area contributed by atoms with Gasteiger partial charge in [0.2, 0.25) is 10.0 Å². The smallest absolute Gasteiger partial charge is 0.212 e. The van der Waals surface area contributed by atoms with Crippen LogP contribution in [-0.4, -0.2) is 31.5 Å². The monoisotopic (exact) mass is 342 g/mol. The Kier molecular flexibility index (Phi) is 3.94. The molecular formula is C15H22N2O3S2. The number of hydrogen-bond donors (Lipinski definition) is 1. The average molecular weight is 342 g/mol. The molecule has 2 aliphatic rings. The number of aromatic nitrogens is 1. The minimum absolute atomic E-state index is 0.0692. The van der Waals surface area contributed by atoms with E-state index in [4.69, 9.17) is 0 Å². The molecule has 0 unspecified atom stereocenters. The summed E-state index contributed by atoms with van der Waals surface area (Å²) in [5.74, 6) is 0.407. The first kappa shape index (κ1) is 16.1. The highest BCUT2D eigenvalue weighted by molar-refractivity contribution is 7.89. The van der Waals surface area contributed by atoms with Gasteiger partial charge >= 0.3 is 0 Å². The number of nitrogens with one attached hydrogen (secondary N) is 1. The molecule has 1 aromatic rings. The van der Waals surface area contributed by atoms with E-state index in [0.29, 0.717) is 31.7 Å². The third kappa shape index (κ3) is 2.53. The zero-order chi connectivity index (χ0) is 16.0. The normalized spacial score (nSPS) is 30.1. The number of rotatable bonds is 6. The van der Waals surface area contributed by atoms with Crippen molar-refractivity contribution in [1.29, 1.82) is 0 Å². The van der Waals surface area contributed by atoms with Crippen LogP contribution in [0.2, 0.25) is 0 Å². The van der Waals surface area contributed by atoms with Crippen molar-refractivity contribution in [3.05, 3.63) is 16.6 Å². The largest absolute Gasteiger partial charge is 0.299 e. The van der Waals surface area contributed by atoms with Crippen LogP contribution < -0.4 is 4.72 Å². The Morgan fingerprint density at radius 2 is 2.23 bits per heavy atom. The molecule has 0 aromatic carbocycles. The summed E-state index contributed by atoms with van der Waals surface area (Å²) in [5.41, 5.74) is -0.904. The Labute approximate surface area is 135 Å². The summed E-state index contributed by atoms with van der Waals surface area (Å²) in [6, 6.07) is 0. The van der Waals surface area contributed by atoms with Gasteiger partial charge in [-0.25, -0.2) is 18.1 Å². The average Bonchev–Trinajstić information content (AvgIpc) is 3.04. The van der Waals surface area contributed by atoms with Crippen molar-refractivity contribution >= 4 is 27.1 Å². The summed E-state index contributed by atoms with van der Waals surface area (Å²) in [6.07, 6.45) is 4.52. The second-order valence-corrected chi connectivity index (χ2v) is 9.78. The molecule has 0 aliphatic heterocycles. The number of thiazole rings is 1. The Bertz CT molecular complexity index is 667. The Hall–Kier alpha value is -0.790. The number of sulfonamides is 1. The molecular weight excluding hydrogens is 320 g/mol. The van der Waals surface area contributed by atoms with Crippen molar-refractivity contribution < 1.29 is 13.2 Å². The van der Waals surface area contributed by atoms with Crippen LogP contribution in [0, 0.1) is 16.7 Å². The Morgan fingerprint density at radius 3 is 2.77 bits per heavy atom. The highest BCUT2D eigenvalue weighted by atomic mass is 32.2. The first-order valence-electron chi connectivity index (χ1n) is 7.66. The Balaban J connectivity index is 1.67. The summed E-state index contributed by atoms with van der Waals surface area (Å²) in [7, 11) is -3.46. The van der Waals surface area contributed by atoms with Gasteiger partial charge in [0.25, 0.3) is 0 Å². The van der Waals surface area contributed by atoms with Crippen LogP contribution >= 0.6 is 11.3 Å². The highest BCUT2D eigenvalue weighted by Crippen LogP contribution is 2.64. The summed E-state index contributed by atoms with van der Waals surface area (Å²) < 4.78 is 27.5. The van der Waals surface area contributed by atoms with Crippen LogP contribution in [0.4, 0.5) is 0 Å². The van der Waals surface area contributed by atoms with Crippen LogP contribution in [0.15, 0.2) is 11.6 Å². The number of Topliss-reactive ketones (excluding diaryl/α,β-unsaturated/α-hetero) is 1. The highest BCUT2D eigenvalue weighted by Gasteiger charge is 2.65. The lowest BCUT2D eigenvalue weighted by Gasteiger charge is -2.36. The number of carbonyl (C=O) groups is 1. The van der Waals surface area contributed by atoms with Gasteiger partial charge in [0.15, 0.2) is 0 Å². The van der Waals surface area contributed by atoms with Gasteiger partial charge in [0, 0.05) is 36.4 Å². The number of hydrogen-bond acceptors (Lipinski definition) is 5. The maximum Gasteiger partial charge on any atom is 0.212 e. The fraction of sp³-hybridized carbons (Fsp3) is 0.733. The molecule has 2 bridgehead atoms. The summed E-state index contributed by atoms with van der Waals surface area (Å²) in [5, 5.41) is 2.79. The fourth-order valence-electron chi connectivity index (χ4n) is 4.17. The molecule has 2 saturated carbocycles. The van der Waals surface area contributed by atoms with Crippen LogP contribution in [0.5, 0.6) is 0 Å². The topological polar surface area (TPSA) is 76.1 Å². The van der Waals surface area contributed by atoms with E-state index in [1.54, 1.807) is 6.20 Å². The molecule has 2 atom stereocenters. The minimum Gasteiger partial charge on any atom is -0.299 e. The van der Waals surface area contributed by atoms with Crippen molar-refractivity contribution in [2.24, 2.45) is 16.7 Å². The van der Waals surface area contributed by atoms with Gasteiger partial charge in [-0.1, -0.05) is 13.8 Å².